The van der Waals surface area contributed by atoms with Gasteiger partial charge in [0.05, 0.1) is 11.4 Å². The van der Waals surface area contributed by atoms with E-state index in [1.165, 1.54) is 0 Å². The Morgan fingerprint density at radius 3 is 2.92 bits per heavy atom. The van der Waals surface area contributed by atoms with Gasteiger partial charge in [0.1, 0.15) is 0 Å². The lowest BCUT2D eigenvalue weighted by Gasteiger charge is -2.31. The Kier molecular flexibility index (Phi) is 3.19. The lowest BCUT2D eigenvalue weighted by Crippen LogP contribution is -2.42. The highest BCUT2D eigenvalue weighted by molar-refractivity contribution is 5.96. The molecule has 2 bridgehead atoms. The van der Waals surface area contributed by atoms with Gasteiger partial charge in [0.2, 0.25) is 0 Å². The minimum Gasteiger partial charge on any atom is -0.333 e. The zero-order chi connectivity index (χ0) is 16.1. The zero-order valence-electron chi connectivity index (χ0n) is 13.7. The predicted octanol–water partition coefficient (Wildman–Crippen LogP) is 1.49. The number of hydrogen-bond donors (Lipinski definition) is 1. The molecule has 2 aromatic heterocycles. The molecule has 24 heavy (non-hydrogen) atoms. The molecule has 4 aliphatic rings. The molecule has 6 nitrogen and oxygen atoms in total. The van der Waals surface area contributed by atoms with Gasteiger partial charge in [0.25, 0.3) is 5.91 Å². The highest BCUT2D eigenvalue weighted by Crippen LogP contribution is 2.33. The Balaban J connectivity index is 1.50. The SMILES string of the molecule is O=C(c1n[nH]c2c1CCc1ncccc1-2)N1CCN2CCC1CC2. The maximum Gasteiger partial charge on any atom is 0.274 e. The summed E-state index contributed by atoms with van der Waals surface area (Å²) in [5.41, 5.74) is 4.86. The number of H-pyrrole nitrogens is 1. The average molecular weight is 323 g/mol. The molecule has 0 radical (unpaired) electrons. The van der Waals surface area contributed by atoms with Crippen LogP contribution in [-0.2, 0) is 12.8 Å². The van der Waals surface area contributed by atoms with Crippen LogP contribution in [0.4, 0.5) is 0 Å². The number of piperidine rings is 1. The van der Waals surface area contributed by atoms with Crippen LogP contribution in [0.3, 0.4) is 0 Å². The van der Waals surface area contributed by atoms with Crippen molar-refractivity contribution in [3.63, 3.8) is 0 Å². The minimum absolute atomic E-state index is 0.105. The Labute approximate surface area is 140 Å². The van der Waals surface area contributed by atoms with Gasteiger partial charge in [-0.2, -0.15) is 5.10 Å². The molecule has 1 aliphatic carbocycles. The molecule has 3 fully saturated rings. The number of rotatable bonds is 1. The van der Waals surface area contributed by atoms with Crippen LogP contribution >= 0.6 is 0 Å². The first-order valence-electron chi connectivity index (χ1n) is 8.86. The normalized spacial score (nSPS) is 25.1. The molecule has 0 aromatic carbocycles. The van der Waals surface area contributed by atoms with Crippen LogP contribution in [0.1, 0.15) is 34.6 Å². The molecule has 3 saturated heterocycles. The molecular formula is C18H21N5O. The second-order valence-electron chi connectivity index (χ2n) is 6.99. The number of amides is 1. The molecule has 3 aliphatic heterocycles. The van der Waals surface area contributed by atoms with Gasteiger partial charge in [0, 0.05) is 49.5 Å². The predicted molar refractivity (Wildman–Crippen MR) is 89.7 cm³/mol. The lowest BCUT2D eigenvalue weighted by atomic mass is 9.92. The van der Waals surface area contributed by atoms with Crippen LogP contribution in [-0.4, -0.2) is 63.1 Å². The second-order valence-corrected chi connectivity index (χ2v) is 6.99. The van der Waals surface area contributed by atoms with Crippen molar-refractivity contribution in [1.82, 2.24) is 25.0 Å². The summed E-state index contributed by atoms with van der Waals surface area (Å²) in [5.74, 6) is 0.105. The van der Waals surface area contributed by atoms with E-state index in [9.17, 15) is 4.79 Å². The average Bonchev–Trinajstić information content (AvgIpc) is 2.84. The van der Waals surface area contributed by atoms with E-state index in [2.05, 4.69) is 31.0 Å². The third-order valence-electron chi connectivity index (χ3n) is 5.76. The van der Waals surface area contributed by atoms with Crippen molar-refractivity contribution in [1.29, 1.82) is 0 Å². The first-order chi connectivity index (χ1) is 11.8. The lowest BCUT2D eigenvalue weighted by molar-refractivity contribution is 0.0677. The highest BCUT2D eigenvalue weighted by Gasteiger charge is 2.35. The van der Waals surface area contributed by atoms with Crippen molar-refractivity contribution in [2.24, 2.45) is 0 Å². The van der Waals surface area contributed by atoms with E-state index in [0.29, 0.717) is 11.7 Å². The molecule has 5 heterocycles. The third-order valence-corrected chi connectivity index (χ3v) is 5.76. The third kappa shape index (κ3) is 2.09. The fourth-order valence-corrected chi connectivity index (χ4v) is 4.41. The summed E-state index contributed by atoms with van der Waals surface area (Å²) in [6.07, 6.45) is 5.72. The number of aromatic amines is 1. The zero-order valence-corrected chi connectivity index (χ0v) is 13.7. The van der Waals surface area contributed by atoms with Crippen LogP contribution in [0.15, 0.2) is 18.3 Å². The van der Waals surface area contributed by atoms with Crippen molar-refractivity contribution in [2.45, 2.75) is 31.7 Å². The Morgan fingerprint density at radius 2 is 2.04 bits per heavy atom. The first kappa shape index (κ1) is 14.2. The van der Waals surface area contributed by atoms with Crippen molar-refractivity contribution in [2.75, 3.05) is 26.2 Å². The molecule has 6 heteroatoms. The number of pyridine rings is 1. The van der Waals surface area contributed by atoms with Gasteiger partial charge in [-0.25, -0.2) is 0 Å². The van der Waals surface area contributed by atoms with Gasteiger partial charge < -0.3 is 9.80 Å². The van der Waals surface area contributed by atoms with Gasteiger partial charge in [-0.3, -0.25) is 14.9 Å². The van der Waals surface area contributed by atoms with Gasteiger partial charge in [-0.05, 0) is 37.8 Å². The number of nitrogens with one attached hydrogen (secondary N) is 1. The molecule has 1 N–H and O–H groups in total. The summed E-state index contributed by atoms with van der Waals surface area (Å²) < 4.78 is 0. The van der Waals surface area contributed by atoms with Gasteiger partial charge >= 0.3 is 0 Å². The van der Waals surface area contributed by atoms with Crippen molar-refractivity contribution < 1.29 is 4.79 Å². The van der Waals surface area contributed by atoms with Crippen molar-refractivity contribution in [3.05, 3.63) is 35.3 Å². The van der Waals surface area contributed by atoms with E-state index >= 15 is 0 Å². The van der Waals surface area contributed by atoms with E-state index < -0.39 is 0 Å². The molecule has 2 aromatic rings. The standard InChI is InChI=1S/C18H21N5O/c24-18(23-11-10-22-8-5-12(23)6-9-22)17-14-3-4-15-13(2-1-7-19-15)16(14)20-21-17/h1-2,7,12H,3-6,8-11H2,(H,20,21). The monoisotopic (exact) mass is 323 g/mol. The van der Waals surface area contributed by atoms with Crippen LogP contribution in [0, 0.1) is 0 Å². The number of fused-ring (bicyclic) bond motifs is 7. The molecule has 6 rings (SSSR count). The summed E-state index contributed by atoms with van der Waals surface area (Å²) in [4.78, 5) is 22.2. The largest absolute Gasteiger partial charge is 0.333 e. The fourth-order valence-electron chi connectivity index (χ4n) is 4.41. The Hall–Kier alpha value is -2.21. The summed E-state index contributed by atoms with van der Waals surface area (Å²) in [5, 5.41) is 7.54. The van der Waals surface area contributed by atoms with Gasteiger partial charge in [0.15, 0.2) is 5.69 Å². The molecule has 0 saturated carbocycles. The summed E-state index contributed by atoms with van der Waals surface area (Å²) in [6, 6.07) is 4.38. The Bertz CT molecular complexity index is 790. The molecule has 0 atom stereocenters. The maximum atomic E-state index is 13.2. The molecule has 124 valence electrons. The summed E-state index contributed by atoms with van der Waals surface area (Å²) in [7, 11) is 0. The summed E-state index contributed by atoms with van der Waals surface area (Å²) in [6.45, 7) is 4.04. The number of carbonyl (C=O) groups is 1. The fraction of sp³-hybridized carbons (Fsp3) is 0.500. The number of carbonyl (C=O) groups excluding carboxylic acids is 1. The first-order valence-corrected chi connectivity index (χ1v) is 8.86. The van der Waals surface area contributed by atoms with E-state index in [1.54, 1.807) is 0 Å². The maximum absolute atomic E-state index is 13.2. The van der Waals surface area contributed by atoms with E-state index in [1.807, 2.05) is 12.3 Å². The van der Waals surface area contributed by atoms with Crippen molar-refractivity contribution in [3.8, 4) is 11.3 Å². The smallest absolute Gasteiger partial charge is 0.274 e. The van der Waals surface area contributed by atoms with Gasteiger partial charge in [-0.15, -0.1) is 0 Å². The van der Waals surface area contributed by atoms with E-state index in [4.69, 9.17) is 0 Å². The number of nitrogens with zero attached hydrogens (tertiary/aromatic N) is 4. The molecule has 0 spiro atoms. The second kappa shape index (κ2) is 5.41. The number of hydrogen-bond acceptors (Lipinski definition) is 4. The Morgan fingerprint density at radius 1 is 1.17 bits per heavy atom. The van der Waals surface area contributed by atoms with Crippen LogP contribution in [0.5, 0.6) is 0 Å². The van der Waals surface area contributed by atoms with Gasteiger partial charge in [-0.1, -0.05) is 0 Å². The highest BCUT2D eigenvalue weighted by atomic mass is 16.2. The molecular weight excluding hydrogens is 302 g/mol. The quantitative estimate of drug-likeness (QED) is 0.863. The van der Waals surface area contributed by atoms with Crippen LogP contribution < -0.4 is 0 Å². The molecule has 1 amide bonds. The summed E-state index contributed by atoms with van der Waals surface area (Å²) >= 11 is 0. The van der Waals surface area contributed by atoms with E-state index in [-0.39, 0.29) is 5.91 Å². The van der Waals surface area contributed by atoms with Crippen LogP contribution in [0.25, 0.3) is 11.3 Å². The van der Waals surface area contributed by atoms with Crippen LogP contribution in [0.2, 0.25) is 0 Å². The topological polar surface area (TPSA) is 65.1 Å². The number of aryl methyl sites for hydroxylation is 1. The minimum atomic E-state index is 0.105. The number of aromatic nitrogens is 3. The van der Waals surface area contributed by atoms with Crippen molar-refractivity contribution >= 4 is 5.91 Å². The molecule has 0 unspecified atom stereocenters. The van der Waals surface area contributed by atoms with E-state index in [0.717, 1.165) is 74.4 Å².